The zero-order valence-electron chi connectivity index (χ0n) is 29.8. The topological polar surface area (TPSA) is 15.7 Å². The highest BCUT2D eigenvalue weighted by molar-refractivity contribution is 5.79. The fourth-order valence-electron chi connectivity index (χ4n) is 11.5. The number of nitrogens with zero attached hydrogens (tertiary/aromatic N) is 2. The number of hydrogen-bond donors (Lipinski definition) is 0. The van der Waals surface area contributed by atoms with E-state index in [1.165, 1.54) is 86.0 Å². The predicted octanol–water partition coefficient (Wildman–Crippen LogP) is 11.6. The molecule has 0 spiro atoms. The quantitative estimate of drug-likeness (QED) is 0.301. The van der Waals surface area contributed by atoms with Gasteiger partial charge in [-0.05, 0) is 129 Å². The standard InChI is InChI=1S/C48H50N2O/c1-2-11-31(12-3-1)32-21-25-35(26-22-32)49-42-17-7-4-13-36(42)40-29-33(23-27-44(40)49)34-24-28-45-41(30-34)37-14-5-8-18-43(37)50(45)46-19-10-16-39-38-15-6-9-20-47(38)51-48(39)46/h4-6,8,10-11,13-16,18-19,21,24-25,27-29,33-34,36,38,41-42,45,47H,1-3,7,9,12,17,20,22-23,26,30H2. The van der Waals surface area contributed by atoms with E-state index in [1.807, 2.05) is 0 Å². The largest absolute Gasteiger partial charge is 0.487 e. The van der Waals surface area contributed by atoms with E-state index in [2.05, 4.69) is 119 Å². The molecule has 258 valence electrons. The molecule has 1 saturated heterocycles. The second-order valence-electron chi connectivity index (χ2n) is 16.6. The average molecular weight is 671 g/mol. The minimum Gasteiger partial charge on any atom is -0.487 e. The third-order valence-electron chi connectivity index (χ3n) is 14.0. The molecule has 6 aliphatic carbocycles. The third-order valence-corrected chi connectivity index (χ3v) is 14.0. The Balaban J connectivity index is 0.891. The SMILES string of the molecule is C1=CC2c3cccc(N4c5ccccc5C5CC(C6C=C7C(=CC6)N(C6=CC=C(C8=CCCCC8)CC6)C6CCC=CC76)C=CC54)c3OC2CC1. The van der Waals surface area contributed by atoms with E-state index in [-0.39, 0.29) is 6.10 Å². The summed E-state index contributed by atoms with van der Waals surface area (Å²) in [6, 6.07) is 17.0. The van der Waals surface area contributed by atoms with Crippen LogP contribution in [0, 0.1) is 17.8 Å². The molecule has 0 amide bonds. The van der Waals surface area contributed by atoms with Gasteiger partial charge in [-0.2, -0.15) is 0 Å². The maximum atomic E-state index is 6.78. The smallest absolute Gasteiger partial charge is 0.147 e. The van der Waals surface area contributed by atoms with Gasteiger partial charge in [-0.15, -0.1) is 0 Å². The van der Waals surface area contributed by atoms with Crippen LogP contribution < -0.4 is 9.64 Å². The van der Waals surface area contributed by atoms with Gasteiger partial charge in [0.2, 0.25) is 0 Å². The summed E-state index contributed by atoms with van der Waals surface area (Å²) < 4.78 is 6.78. The number of allylic oxidation sites excluding steroid dienone is 12. The molecule has 3 aliphatic heterocycles. The molecule has 1 fully saturated rings. The molecule has 0 radical (unpaired) electrons. The molecule has 3 nitrogen and oxygen atoms in total. The summed E-state index contributed by atoms with van der Waals surface area (Å²) in [4.78, 5) is 5.42. The Morgan fingerprint density at radius 2 is 1.55 bits per heavy atom. The minimum atomic E-state index is 0.274. The summed E-state index contributed by atoms with van der Waals surface area (Å²) >= 11 is 0. The van der Waals surface area contributed by atoms with Crippen LogP contribution in [-0.4, -0.2) is 23.1 Å². The molecular formula is C48H50N2O. The average Bonchev–Trinajstić information content (AvgIpc) is 3.86. The number of hydrogen-bond acceptors (Lipinski definition) is 3. The first kappa shape index (κ1) is 30.4. The number of benzene rings is 2. The lowest BCUT2D eigenvalue weighted by molar-refractivity contribution is 0.205. The first-order chi connectivity index (χ1) is 25.3. The van der Waals surface area contributed by atoms with Crippen LogP contribution in [0.25, 0.3) is 0 Å². The lowest BCUT2D eigenvalue weighted by Gasteiger charge is -2.37. The van der Waals surface area contributed by atoms with Crippen LogP contribution in [0.2, 0.25) is 0 Å². The molecule has 8 atom stereocenters. The zero-order chi connectivity index (χ0) is 33.5. The highest BCUT2D eigenvalue weighted by Crippen LogP contribution is 2.57. The van der Waals surface area contributed by atoms with Gasteiger partial charge in [0.1, 0.15) is 11.9 Å². The maximum Gasteiger partial charge on any atom is 0.147 e. The Labute approximate surface area is 304 Å². The Bertz CT molecular complexity index is 2020. The lowest BCUT2D eigenvalue weighted by atomic mass is 9.72. The summed E-state index contributed by atoms with van der Waals surface area (Å²) in [5, 5.41) is 0. The Morgan fingerprint density at radius 1 is 0.667 bits per heavy atom. The van der Waals surface area contributed by atoms with Gasteiger partial charge in [0.25, 0.3) is 0 Å². The second-order valence-corrected chi connectivity index (χ2v) is 16.6. The van der Waals surface area contributed by atoms with Crippen molar-refractivity contribution in [3.05, 3.63) is 149 Å². The number of likely N-dealkylation sites (tertiary alicyclic amines) is 1. The van der Waals surface area contributed by atoms with Gasteiger partial charge < -0.3 is 14.5 Å². The summed E-state index contributed by atoms with van der Waals surface area (Å²) in [6.07, 6.45) is 42.7. The first-order valence-corrected chi connectivity index (χ1v) is 20.3. The van der Waals surface area contributed by atoms with Crippen LogP contribution in [0.4, 0.5) is 11.4 Å². The van der Waals surface area contributed by atoms with Crippen LogP contribution in [0.15, 0.2) is 137 Å². The second kappa shape index (κ2) is 12.2. The van der Waals surface area contributed by atoms with Crippen molar-refractivity contribution in [1.29, 1.82) is 0 Å². The summed E-state index contributed by atoms with van der Waals surface area (Å²) in [6.45, 7) is 0. The number of ether oxygens (including phenoxy) is 1. The van der Waals surface area contributed by atoms with Crippen molar-refractivity contribution in [2.45, 2.75) is 107 Å². The van der Waals surface area contributed by atoms with Crippen LogP contribution >= 0.6 is 0 Å². The van der Waals surface area contributed by atoms with E-state index in [0.29, 0.717) is 41.7 Å². The van der Waals surface area contributed by atoms with Crippen molar-refractivity contribution in [3.63, 3.8) is 0 Å². The molecule has 11 rings (SSSR count). The van der Waals surface area contributed by atoms with Crippen LogP contribution in [0.5, 0.6) is 5.75 Å². The number of fused-ring (bicyclic) bond motifs is 9. The fourth-order valence-corrected chi connectivity index (χ4v) is 11.5. The van der Waals surface area contributed by atoms with Gasteiger partial charge in [0.15, 0.2) is 0 Å². The number of rotatable bonds is 4. The normalized spacial score (nSPS) is 34.2. The van der Waals surface area contributed by atoms with Crippen molar-refractivity contribution < 1.29 is 4.74 Å². The summed E-state index contributed by atoms with van der Waals surface area (Å²) in [5.41, 5.74) is 13.4. The van der Waals surface area contributed by atoms with Crippen LogP contribution in [-0.2, 0) is 0 Å². The molecule has 0 saturated carbocycles. The number of anilines is 2. The molecule has 3 heteroatoms. The number of para-hydroxylation sites is 2. The minimum absolute atomic E-state index is 0.274. The molecular weight excluding hydrogens is 621 g/mol. The van der Waals surface area contributed by atoms with Gasteiger partial charge in [-0.1, -0.05) is 91.1 Å². The molecule has 0 N–H and O–H groups in total. The highest BCUT2D eigenvalue weighted by Gasteiger charge is 2.47. The first-order valence-electron chi connectivity index (χ1n) is 20.3. The van der Waals surface area contributed by atoms with Crippen LogP contribution in [0.3, 0.4) is 0 Å². The van der Waals surface area contributed by atoms with Crippen molar-refractivity contribution in [3.8, 4) is 5.75 Å². The van der Waals surface area contributed by atoms with E-state index in [0.717, 1.165) is 25.0 Å². The highest BCUT2D eigenvalue weighted by atomic mass is 16.5. The molecule has 9 aliphatic rings. The van der Waals surface area contributed by atoms with E-state index >= 15 is 0 Å². The third kappa shape index (κ3) is 4.83. The Hall–Kier alpha value is -4.24. The Kier molecular flexibility index (Phi) is 7.26. The van der Waals surface area contributed by atoms with Gasteiger partial charge in [0.05, 0.1) is 11.7 Å². The molecule has 2 aromatic carbocycles. The van der Waals surface area contributed by atoms with E-state index < -0.39 is 0 Å². The monoisotopic (exact) mass is 670 g/mol. The van der Waals surface area contributed by atoms with Crippen molar-refractivity contribution in [2.75, 3.05) is 4.90 Å². The molecule has 0 aromatic heterocycles. The van der Waals surface area contributed by atoms with E-state index in [4.69, 9.17) is 4.74 Å². The van der Waals surface area contributed by atoms with Gasteiger partial charge in [-0.25, -0.2) is 0 Å². The van der Waals surface area contributed by atoms with E-state index in [9.17, 15) is 0 Å². The fraction of sp³-hybridized carbons (Fsp3) is 0.417. The maximum absolute atomic E-state index is 6.78. The summed E-state index contributed by atoms with van der Waals surface area (Å²) in [7, 11) is 0. The summed E-state index contributed by atoms with van der Waals surface area (Å²) in [5.74, 6) is 3.59. The molecule has 51 heavy (non-hydrogen) atoms. The molecule has 2 aromatic rings. The Morgan fingerprint density at radius 3 is 2.45 bits per heavy atom. The van der Waals surface area contributed by atoms with Crippen molar-refractivity contribution in [1.82, 2.24) is 4.90 Å². The van der Waals surface area contributed by atoms with Gasteiger partial charge >= 0.3 is 0 Å². The van der Waals surface area contributed by atoms with Gasteiger partial charge in [0, 0.05) is 46.4 Å². The van der Waals surface area contributed by atoms with E-state index in [1.54, 1.807) is 22.4 Å². The zero-order valence-corrected chi connectivity index (χ0v) is 29.8. The lowest BCUT2D eigenvalue weighted by Crippen LogP contribution is -2.33. The predicted molar refractivity (Wildman–Crippen MR) is 208 cm³/mol. The molecule has 0 bridgehead atoms. The molecule has 8 unspecified atom stereocenters. The molecule has 3 heterocycles. The van der Waals surface area contributed by atoms with Crippen LogP contribution in [0.1, 0.15) is 100 Å². The van der Waals surface area contributed by atoms with Crippen molar-refractivity contribution >= 4 is 11.4 Å². The van der Waals surface area contributed by atoms with Gasteiger partial charge in [-0.3, -0.25) is 0 Å². The van der Waals surface area contributed by atoms with Crippen molar-refractivity contribution in [2.24, 2.45) is 17.8 Å².